The van der Waals surface area contributed by atoms with Crippen molar-refractivity contribution in [2.24, 2.45) is 5.16 Å². The van der Waals surface area contributed by atoms with Gasteiger partial charge in [0.15, 0.2) is 5.71 Å². The summed E-state index contributed by atoms with van der Waals surface area (Å²) in [5.41, 5.74) is -0.197. The topological polar surface area (TPSA) is 68.1 Å². The van der Waals surface area contributed by atoms with E-state index in [1.807, 2.05) is 0 Å². The number of rotatable bonds is 3. The number of carbonyl (C=O) groups excluding carboxylic acids is 1. The molecule has 86 valence electrons. The summed E-state index contributed by atoms with van der Waals surface area (Å²) in [4.78, 5) is 15.8. The molecule has 0 amide bonds. The van der Waals surface area contributed by atoms with Gasteiger partial charge in [0, 0.05) is 6.07 Å². The Morgan fingerprint density at radius 2 is 2.12 bits per heavy atom. The molecule has 0 radical (unpaired) electrons. The van der Waals surface area contributed by atoms with Gasteiger partial charge in [0.05, 0.1) is 12.7 Å². The molecule has 0 saturated heterocycles. The average molecular weight is 227 g/mol. The predicted molar refractivity (Wildman–Crippen MR) is 53.6 cm³/mol. The number of phenols is 1. The largest absolute Gasteiger partial charge is 0.507 e. The van der Waals surface area contributed by atoms with Crippen LogP contribution in [0.25, 0.3) is 0 Å². The van der Waals surface area contributed by atoms with E-state index in [0.29, 0.717) is 0 Å². The van der Waals surface area contributed by atoms with Gasteiger partial charge in [0.25, 0.3) is 0 Å². The van der Waals surface area contributed by atoms with E-state index in [2.05, 4.69) is 14.7 Å². The van der Waals surface area contributed by atoms with E-state index in [1.54, 1.807) is 0 Å². The quantitative estimate of drug-likeness (QED) is 0.476. The minimum atomic E-state index is -0.788. The standard InChI is InChI=1S/C10H10FNO4/c1-15-10(14)9(12-16-2)7-4-3-6(11)5-8(7)13/h3-5,13H,1-2H3/b12-9+. The second-order valence-corrected chi connectivity index (χ2v) is 2.78. The minimum Gasteiger partial charge on any atom is -0.507 e. The Kier molecular flexibility index (Phi) is 3.82. The van der Waals surface area contributed by atoms with Crippen molar-refractivity contribution in [1.29, 1.82) is 0 Å². The van der Waals surface area contributed by atoms with Gasteiger partial charge in [-0.15, -0.1) is 0 Å². The van der Waals surface area contributed by atoms with E-state index in [0.717, 1.165) is 19.2 Å². The van der Waals surface area contributed by atoms with Crippen molar-refractivity contribution in [3.63, 3.8) is 0 Å². The molecule has 6 heteroatoms. The molecule has 1 N–H and O–H groups in total. The fourth-order valence-electron chi connectivity index (χ4n) is 1.09. The molecule has 0 aliphatic rings. The van der Waals surface area contributed by atoms with E-state index in [-0.39, 0.29) is 11.3 Å². The highest BCUT2D eigenvalue weighted by Gasteiger charge is 2.19. The third kappa shape index (κ3) is 2.47. The van der Waals surface area contributed by atoms with Crippen molar-refractivity contribution in [2.75, 3.05) is 14.2 Å². The number of benzene rings is 1. The van der Waals surface area contributed by atoms with Crippen LogP contribution in [0.5, 0.6) is 5.75 Å². The molecule has 16 heavy (non-hydrogen) atoms. The van der Waals surface area contributed by atoms with Gasteiger partial charge in [-0.25, -0.2) is 9.18 Å². The first-order chi connectivity index (χ1) is 7.60. The Bertz CT molecular complexity index is 431. The van der Waals surface area contributed by atoms with Crippen LogP contribution in [-0.2, 0) is 14.4 Å². The zero-order valence-electron chi connectivity index (χ0n) is 8.73. The van der Waals surface area contributed by atoms with Crippen molar-refractivity contribution in [2.45, 2.75) is 0 Å². The maximum absolute atomic E-state index is 12.7. The number of nitrogens with zero attached hydrogens (tertiary/aromatic N) is 1. The number of phenolic OH excluding ortho intramolecular Hbond substituents is 1. The van der Waals surface area contributed by atoms with Gasteiger partial charge in [-0.3, -0.25) is 0 Å². The lowest BCUT2D eigenvalue weighted by Gasteiger charge is -2.05. The monoisotopic (exact) mass is 227 g/mol. The number of aromatic hydroxyl groups is 1. The summed E-state index contributed by atoms with van der Waals surface area (Å²) in [7, 11) is 2.40. The zero-order chi connectivity index (χ0) is 12.1. The molecular formula is C10H10FNO4. The van der Waals surface area contributed by atoms with E-state index in [1.165, 1.54) is 13.2 Å². The zero-order valence-corrected chi connectivity index (χ0v) is 8.73. The number of carbonyl (C=O) groups is 1. The number of hydrogen-bond acceptors (Lipinski definition) is 5. The van der Waals surface area contributed by atoms with Crippen molar-refractivity contribution < 1.29 is 23.9 Å². The molecule has 0 aliphatic carbocycles. The summed E-state index contributed by atoms with van der Waals surface area (Å²) in [5.74, 6) is -1.83. The molecule has 5 nitrogen and oxygen atoms in total. The second-order valence-electron chi connectivity index (χ2n) is 2.78. The number of methoxy groups -OCH3 is 1. The highest BCUT2D eigenvalue weighted by molar-refractivity contribution is 6.43. The van der Waals surface area contributed by atoms with E-state index in [4.69, 9.17) is 0 Å². The molecule has 0 atom stereocenters. The van der Waals surface area contributed by atoms with E-state index in [9.17, 15) is 14.3 Å². The number of oxime groups is 1. The molecule has 0 unspecified atom stereocenters. The smallest absolute Gasteiger partial charge is 0.360 e. The highest BCUT2D eigenvalue weighted by Crippen LogP contribution is 2.19. The first kappa shape index (κ1) is 12.0. The van der Waals surface area contributed by atoms with E-state index >= 15 is 0 Å². The Balaban J connectivity index is 3.22. The first-order valence-corrected chi connectivity index (χ1v) is 4.28. The summed E-state index contributed by atoms with van der Waals surface area (Å²) in [6.45, 7) is 0. The highest BCUT2D eigenvalue weighted by atomic mass is 19.1. The molecule has 0 aliphatic heterocycles. The van der Waals surface area contributed by atoms with Gasteiger partial charge in [-0.05, 0) is 12.1 Å². The molecule has 0 fully saturated rings. The molecular weight excluding hydrogens is 217 g/mol. The Hall–Kier alpha value is -2.11. The van der Waals surface area contributed by atoms with Crippen molar-refractivity contribution >= 4 is 11.7 Å². The fraction of sp³-hybridized carbons (Fsp3) is 0.200. The lowest BCUT2D eigenvalue weighted by Crippen LogP contribution is -2.17. The Labute approximate surface area is 91.1 Å². The molecule has 0 saturated carbocycles. The summed E-state index contributed by atoms with van der Waals surface area (Å²) in [5, 5.41) is 12.9. The predicted octanol–water partition coefficient (Wildman–Crippen LogP) is 1.05. The van der Waals surface area contributed by atoms with Crippen molar-refractivity contribution in [3.8, 4) is 5.75 Å². The van der Waals surface area contributed by atoms with Gasteiger partial charge in [0.2, 0.25) is 0 Å². The summed E-state index contributed by atoms with van der Waals surface area (Å²) in [6, 6.07) is 3.16. The summed E-state index contributed by atoms with van der Waals surface area (Å²) >= 11 is 0. The molecule has 0 heterocycles. The van der Waals surface area contributed by atoms with Crippen molar-refractivity contribution in [3.05, 3.63) is 29.6 Å². The molecule has 1 aromatic rings. The van der Waals surface area contributed by atoms with Crippen LogP contribution in [0.1, 0.15) is 5.56 Å². The normalized spacial score (nSPS) is 11.1. The lowest BCUT2D eigenvalue weighted by molar-refractivity contribution is -0.132. The van der Waals surface area contributed by atoms with Gasteiger partial charge in [-0.1, -0.05) is 5.16 Å². The maximum Gasteiger partial charge on any atom is 0.360 e. The van der Waals surface area contributed by atoms with Crippen molar-refractivity contribution in [1.82, 2.24) is 0 Å². The second kappa shape index (κ2) is 5.11. The van der Waals surface area contributed by atoms with Crippen LogP contribution in [0.3, 0.4) is 0 Å². The summed E-state index contributed by atoms with van der Waals surface area (Å²) < 4.78 is 17.2. The maximum atomic E-state index is 12.7. The molecule has 0 bridgehead atoms. The third-order valence-corrected chi connectivity index (χ3v) is 1.78. The van der Waals surface area contributed by atoms with Gasteiger partial charge < -0.3 is 14.7 Å². The SMILES string of the molecule is CO/N=C(/C(=O)OC)c1ccc(F)cc1O. The van der Waals surface area contributed by atoms with Crippen LogP contribution < -0.4 is 0 Å². The molecule has 0 aromatic heterocycles. The number of ether oxygens (including phenoxy) is 1. The van der Waals surface area contributed by atoms with Gasteiger partial charge in [-0.2, -0.15) is 0 Å². The third-order valence-electron chi connectivity index (χ3n) is 1.78. The minimum absolute atomic E-state index is 0.0371. The average Bonchev–Trinajstić information content (AvgIpc) is 2.26. The van der Waals surface area contributed by atoms with Gasteiger partial charge in [0.1, 0.15) is 18.7 Å². The summed E-state index contributed by atoms with van der Waals surface area (Å²) in [6.07, 6.45) is 0. The van der Waals surface area contributed by atoms with E-state index < -0.39 is 17.5 Å². The van der Waals surface area contributed by atoms with Crippen LogP contribution in [0.4, 0.5) is 4.39 Å². The molecule has 1 aromatic carbocycles. The van der Waals surface area contributed by atoms with Crippen LogP contribution in [0.15, 0.2) is 23.4 Å². The van der Waals surface area contributed by atoms with Gasteiger partial charge >= 0.3 is 5.97 Å². The van der Waals surface area contributed by atoms with Crippen LogP contribution in [0.2, 0.25) is 0 Å². The van der Waals surface area contributed by atoms with Crippen LogP contribution >= 0.6 is 0 Å². The molecule has 1 rings (SSSR count). The lowest BCUT2D eigenvalue weighted by atomic mass is 10.1. The molecule has 0 spiro atoms. The first-order valence-electron chi connectivity index (χ1n) is 4.28. The fourth-order valence-corrected chi connectivity index (χ4v) is 1.09. The van der Waals surface area contributed by atoms with Crippen LogP contribution in [0, 0.1) is 5.82 Å². The number of esters is 1. The number of halogens is 1. The Morgan fingerprint density at radius 3 is 2.62 bits per heavy atom. The van der Waals surface area contributed by atoms with Crippen LogP contribution in [-0.4, -0.2) is 31.0 Å². The Morgan fingerprint density at radius 1 is 1.44 bits per heavy atom. The number of hydrogen-bond donors (Lipinski definition) is 1.